The fraction of sp³-hybridized carbons (Fsp3) is 0.541. The molecule has 0 amide bonds. The number of ether oxygens (including phenoxy) is 2. The smallest absolute Gasteiger partial charge is 0.338 e. The molecule has 3 heteroatoms. The molecule has 3 aromatic rings. The minimum atomic E-state index is -0.233. The minimum absolute atomic E-state index is 0.233. The second kappa shape index (κ2) is 18.5. The van der Waals surface area contributed by atoms with Crippen LogP contribution in [0.5, 0.6) is 5.75 Å². The van der Waals surface area contributed by atoms with E-state index in [2.05, 4.69) is 57.2 Å². The van der Waals surface area contributed by atoms with Gasteiger partial charge < -0.3 is 9.47 Å². The van der Waals surface area contributed by atoms with Gasteiger partial charge in [-0.1, -0.05) is 128 Å². The van der Waals surface area contributed by atoms with Crippen molar-refractivity contribution in [2.75, 3.05) is 13.2 Å². The highest BCUT2D eigenvalue weighted by Gasteiger charge is 2.09. The lowest BCUT2D eigenvalue weighted by molar-refractivity contribution is 0.0447. The average Bonchev–Trinajstić information content (AvgIpc) is 2.99. The van der Waals surface area contributed by atoms with E-state index in [9.17, 15) is 4.79 Å². The Hall–Kier alpha value is -2.81. The van der Waals surface area contributed by atoms with Crippen LogP contribution in [0, 0.1) is 5.92 Å². The summed E-state index contributed by atoms with van der Waals surface area (Å²) in [7, 11) is 0. The first-order valence-corrected chi connectivity index (χ1v) is 16.0. The molecule has 0 N–H and O–H groups in total. The maximum absolute atomic E-state index is 12.2. The summed E-state index contributed by atoms with van der Waals surface area (Å²) in [5.74, 6) is 1.13. The van der Waals surface area contributed by atoms with Crippen LogP contribution in [0.3, 0.4) is 0 Å². The number of benzene rings is 3. The first-order valence-electron chi connectivity index (χ1n) is 16.0. The number of esters is 1. The maximum Gasteiger partial charge on any atom is 0.338 e. The van der Waals surface area contributed by atoms with Gasteiger partial charge in [-0.15, -0.1) is 0 Å². The van der Waals surface area contributed by atoms with Crippen molar-refractivity contribution in [3.05, 3.63) is 77.4 Å². The lowest BCUT2D eigenvalue weighted by Gasteiger charge is -2.10. The highest BCUT2D eigenvalue weighted by atomic mass is 16.5. The molecule has 0 aliphatic rings. The van der Waals surface area contributed by atoms with E-state index in [4.69, 9.17) is 9.47 Å². The third-order valence-electron chi connectivity index (χ3n) is 7.98. The molecule has 3 nitrogen and oxygen atoms in total. The Balaban J connectivity index is 1.34. The highest BCUT2D eigenvalue weighted by molar-refractivity contribution is 5.89. The third-order valence-corrected chi connectivity index (χ3v) is 7.98. The van der Waals surface area contributed by atoms with Crippen LogP contribution in [0.25, 0.3) is 10.8 Å². The van der Waals surface area contributed by atoms with E-state index < -0.39 is 0 Å². The molecule has 0 unspecified atom stereocenters. The summed E-state index contributed by atoms with van der Waals surface area (Å²) in [5.41, 5.74) is 3.17. The maximum atomic E-state index is 12.2. The van der Waals surface area contributed by atoms with Gasteiger partial charge in [-0.05, 0) is 71.3 Å². The van der Waals surface area contributed by atoms with E-state index in [1.54, 1.807) is 0 Å². The van der Waals surface area contributed by atoms with Crippen molar-refractivity contribution in [1.82, 2.24) is 0 Å². The second-order valence-electron chi connectivity index (χ2n) is 11.5. The monoisotopic (exact) mass is 544 g/mol. The van der Waals surface area contributed by atoms with Crippen molar-refractivity contribution in [2.24, 2.45) is 5.92 Å². The lowest BCUT2D eigenvalue weighted by atomic mass is 10.0. The molecule has 0 radical (unpaired) electrons. The van der Waals surface area contributed by atoms with Gasteiger partial charge in [0.15, 0.2) is 0 Å². The molecule has 0 aliphatic heterocycles. The quantitative estimate of drug-likeness (QED) is 0.105. The van der Waals surface area contributed by atoms with Crippen molar-refractivity contribution in [3.8, 4) is 5.75 Å². The zero-order chi connectivity index (χ0) is 28.4. The molecule has 3 aromatic carbocycles. The summed E-state index contributed by atoms with van der Waals surface area (Å²) in [6.45, 7) is 7.76. The zero-order valence-electron chi connectivity index (χ0n) is 25.4. The van der Waals surface area contributed by atoms with Gasteiger partial charge in [-0.2, -0.15) is 0 Å². The van der Waals surface area contributed by atoms with Crippen LogP contribution in [0.4, 0.5) is 0 Å². The van der Waals surface area contributed by atoms with Gasteiger partial charge in [-0.25, -0.2) is 4.79 Å². The molecule has 1 atom stereocenters. The Morgan fingerprint density at radius 3 is 1.93 bits per heavy atom. The van der Waals surface area contributed by atoms with Crippen LogP contribution in [0.2, 0.25) is 0 Å². The number of fused-ring (bicyclic) bond motifs is 1. The van der Waals surface area contributed by atoms with Gasteiger partial charge in [0.05, 0.1) is 18.8 Å². The van der Waals surface area contributed by atoms with E-state index in [0.29, 0.717) is 18.1 Å². The van der Waals surface area contributed by atoms with Gasteiger partial charge in [0.2, 0.25) is 0 Å². The Labute approximate surface area is 243 Å². The summed E-state index contributed by atoms with van der Waals surface area (Å²) >= 11 is 0. The normalized spacial score (nSPS) is 12.0. The van der Waals surface area contributed by atoms with Crippen molar-refractivity contribution in [1.29, 1.82) is 0 Å². The molecule has 0 saturated carbocycles. The highest BCUT2D eigenvalue weighted by Crippen LogP contribution is 2.23. The molecule has 218 valence electrons. The molecule has 0 heterocycles. The SMILES string of the molecule is CCCCCCCCCCCCCOc1ccc2cc(CCc3ccc(C(=O)OC[C@H](C)CC)cc3)ccc2c1. The molecule has 0 aromatic heterocycles. The third kappa shape index (κ3) is 11.7. The van der Waals surface area contributed by atoms with E-state index >= 15 is 0 Å². The summed E-state index contributed by atoms with van der Waals surface area (Å²) in [5, 5.41) is 2.47. The fourth-order valence-electron chi connectivity index (χ4n) is 4.99. The average molecular weight is 545 g/mol. The predicted octanol–water partition coefficient (Wildman–Crippen LogP) is 10.5. The van der Waals surface area contributed by atoms with E-state index in [1.807, 2.05) is 24.3 Å². The van der Waals surface area contributed by atoms with E-state index in [-0.39, 0.29) is 5.97 Å². The number of hydrogen-bond acceptors (Lipinski definition) is 3. The molecule has 0 fully saturated rings. The van der Waals surface area contributed by atoms with Crippen LogP contribution >= 0.6 is 0 Å². The van der Waals surface area contributed by atoms with Crippen LogP contribution in [-0.2, 0) is 17.6 Å². The summed E-state index contributed by atoms with van der Waals surface area (Å²) in [6.07, 6.45) is 17.8. The van der Waals surface area contributed by atoms with Crippen LogP contribution < -0.4 is 4.74 Å². The molecule has 0 spiro atoms. The number of hydrogen-bond donors (Lipinski definition) is 0. The van der Waals surface area contributed by atoms with Crippen molar-refractivity contribution < 1.29 is 14.3 Å². The summed E-state index contributed by atoms with van der Waals surface area (Å²) in [4.78, 5) is 12.2. The van der Waals surface area contributed by atoms with Gasteiger partial charge in [0.1, 0.15) is 5.75 Å². The summed E-state index contributed by atoms with van der Waals surface area (Å²) in [6, 6.07) is 21.0. The number of carbonyl (C=O) groups excluding carboxylic acids is 1. The summed E-state index contributed by atoms with van der Waals surface area (Å²) < 4.78 is 11.5. The van der Waals surface area contributed by atoms with Crippen LogP contribution in [-0.4, -0.2) is 19.2 Å². The molecule has 3 rings (SSSR count). The number of unbranched alkanes of at least 4 members (excludes halogenated alkanes) is 10. The Bertz CT molecular complexity index is 1120. The number of carbonyl (C=O) groups is 1. The number of aryl methyl sites for hydroxylation is 2. The Kier molecular flexibility index (Phi) is 14.7. The van der Waals surface area contributed by atoms with Gasteiger partial charge in [0.25, 0.3) is 0 Å². The Morgan fingerprint density at radius 2 is 1.25 bits per heavy atom. The first kappa shape index (κ1) is 31.7. The standard InChI is InChI=1S/C37H52O3/c1-4-6-7-8-9-10-11-12-13-14-15-26-39-36-25-24-34-27-32(20-23-35(34)28-36)17-16-31-18-21-33(22-19-31)37(38)40-29-30(3)5-2/h18-25,27-28,30H,4-17,26,29H2,1-3H3/t30-/m1/s1. The topological polar surface area (TPSA) is 35.5 Å². The molecular formula is C37H52O3. The zero-order valence-corrected chi connectivity index (χ0v) is 25.4. The molecule has 40 heavy (non-hydrogen) atoms. The lowest BCUT2D eigenvalue weighted by Crippen LogP contribution is -2.11. The molecular weight excluding hydrogens is 492 g/mol. The van der Waals surface area contributed by atoms with Gasteiger partial charge in [0, 0.05) is 0 Å². The molecule has 0 bridgehead atoms. The van der Waals surface area contributed by atoms with Crippen LogP contribution in [0.15, 0.2) is 60.7 Å². The van der Waals surface area contributed by atoms with Crippen molar-refractivity contribution in [2.45, 2.75) is 111 Å². The largest absolute Gasteiger partial charge is 0.494 e. The molecule has 0 saturated heterocycles. The first-order chi connectivity index (χ1) is 19.6. The predicted molar refractivity (Wildman–Crippen MR) is 169 cm³/mol. The second-order valence-corrected chi connectivity index (χ2v) is 11.5. The van der Waals surface area contributed by atoms with Crippen molar-refractivity contribution in [3.63, 3.8) is 0 Å². The fourth-order valence-corrected chi connectivity index (χ4v) is 4.99. The minimum Gasteiger partial charge on any atom is -0.494 e. The van der Waals surface area contributed by atoms with Gasteiger partial charge >= 0.3 is 5.97 Å². The Morgan fingerprint density at radius 1 is 0.675 bits per heavy atom. The number of rotatable bonds is 20. The van der Waals surface area contributed by atoms with E-state index in [1.165, 1.54) is 86.1 Å². The van der Waals surface area contributed by atoms with Gasteiger partial charge in [-0.3, -0.25) is 0 Å². The van der Waals surface area contributed by atoms with Crippen LogP contribution in [0.1, 0.15) is 119 Å². The van der Waals surface area contributed by atoms with E-state index in [0.717, 1.165) is 38.0 Å². The molecule has 0 aliphatic carbocycles. The van der Waals surface area contributed by atoms with Crippen molar-refractivity contribution >= 4 is 16.7 Å².